The zero-order chi connectivity index (χ0) is 14.4. The van der Waals surface area contributed by atoms with E-state index in [9.17, 15) is 0 Å². The summed E-state index contributed by atoms with van der Waals surface area (Å²) in [6.45, 7) is 3.37. The van der Waals surface area contributed by atoms with Crippen LogP contribution in [0, 0.1) is 29.6 Å². The van der Waals surface area contributed by atoms with Gasteiger partial charge in [-0.25, -0.2) is 0 Å². The number of rotatable bonds is 5. The first-order chi connectivity index (χ1) is 10.3. The third-order valence-electron chi connectivity index (χ3n) is 6.23. The molecule has 1 unspecified atom stereocenters. The molecule has 0 aliphatic heterocycles. The summed E-state index contributed by atoms with van der Waals surface area (Å²) in [5.74, 6) is 4.84. The number of hydrogen-bond acceptors (Lipinski definition) is 2. The van der Waals surface area contributed by atoms with Gasteiger partial charge in [0.05, 0.1) is 5.02 Å². The molecule has 0 amide bonds. The zero-order valence-electron chi connectivity index (χ0n) is 12.9. The van der Waals surface area contributed by atoms with Gasteiger partial charge >= 0.3 is 0 Å². The molecule has 4 fully saturated rings. The van der Waals surface area contributed by atoms with Gasteiger partial charge in [-0.3, -0.25) is 0 Å². The van der Waals surface area contributed by atoms with Crippen molar-refractivity contribution in [3.05, 3.63) is 21.3 Å². The molecule has 1 aromatic heterocycles. The van der Waals surface area contributed by atoms with Crippen molar-refractivity contribution < 1.29 is 0 Å². The van der Waals surface area contributed by atoms with Gasteiger partial charge in [-0.2, -0.15) is 0 Å². The number of thiophene rings is 1. The van der Waals surface area contributed by atoms with Crippen LogP contribution in [0.5, 0.6) is 0 Å². The monoisotopic (exact) mass is 323 g/mol. The van der Waals surface area contributed by atoms with Crippen molar-refractivity contribution in [3.8, 4) is 0 Å². The Hall–Kier alpha value is -0.0500. The highest BCUT2D eigenvalue weighted by molar-refractivity contribution is 7.10. The van der Waals surface area contributed by atoms with Crippen LogP contribution in [0.25, 0.3) is 0 Å². The van der Waals surface area contributed by atoms with E-state index < -0.39 is 0 Å². The molecule has 5 rings (SSSR count). The fourth-order valence-electron chi connectivity index (χ4n) is 5.74. The second-order valence-corrected chi connectivity index (χ2v) is 8.93. The van der Waals surface area contributed by atoms with Gasteiger partial charge in [0.15, 0.2) is 0 Å². The van der Waals surface area contributed by atoms with Gasteiger partial charge < -0.3 is 5.32 Å². The SMILES string of the molecule is CCCNC(c1sccc1Cl)C1C2CC3CC(C2)CC1C3. The molecule has 1 N–H and O–H groups in total. The second kappa shape index (κ2) is 5.86. The summed E-state index contributed by atoms with van der Waals surface area (Å²) in [5.41, 5.74) is 0. The van der Waals surface area contributed by atoms with Crippen LogP contribution in [0.1, 0.15) is 56.4 Å². The summed E-state index contributed by atoms with van der Waals surface area (Å²) in [7, 11) is 0. The molecule has 0 spiro atoms. The first-order valence-electron chi connectivity index (χ1n) is 8.72. The molecule has 4 aliphatic rings. The van der Waals surface area contributed by atoms with Crippen LogP contribution < -0.4 is 5.32 Å². The first kappa shape index (κ1) is 14.5. The van der Waals surface area contributed by atoms with E-state index >= 15 is 0 Å². The molecule has 1 aromatic rings. The maximum Gasteiger partial charge on any atom is 0.0561 e. The molecular formula is C18H26ClNS. The van der Waals surface area contributed by atoms with Crippen LogP contribution in [0.2, 0.25) is 5.02 Å². The van der Waals surface area contributed by atoms with Gasteiger partial charge in [-0.15, -0.1) is 11.3 Å². The van der Waals surface area contributed by atoms with Crippen molar-refractivity contribution in [2.24, 2.45) is 29.6 Å². The van der Waals surface area contributed by atoms with Gasteiger partial charge in [0.2, 0.25) is 0 Å². The summed E-state index contributed by atoms with van der Waals surface area (Å²) in [4.78, 5) is 1.41. The van der Waals surface area contributed by atoms with Crippen LogP contribution in [-0.2, 0) is 0 Å². The van der Waals surface area contributed by atoms with Gasteiger partial charge in [0, 0.05) is 10.9 Å². The Morgan fingerprint density at radius 1 is 1.19 bits per heavy atom. The molecule has 4 bridgehead atoms. The number of nitrogens with one attached hydrogen (secondary N) is 1. The number of halogens is 1. The molecule has 0 radical (unpaired) electrons. The lowest BCUT2D eigenvalue weighted by molar-refractivity contribution is -0.0519. The average molecular weight is 324 g/mol. The molecule has 3 heteroatoms. The first-order valence-corrected chi connectivity index (χ1v) is 9.98. The van der Waals surface area contributed by atoms with E-state index in [2.05, 4.69) is 23.7 Å². The highest BCUT2D eigenvalue weighted by Crippen LogP contribution is 2.59. The molecule has 116 valence electrons. The minimum absolute atomic E-state index is 0.507. The molecular weight excluding hydrogens is 298 g/mol. The molecule has 1 nitrogen and oxygen atoms in total. The Labute approximate surface area is 137 Å². The van der Waals surface area contributed by atoms with Crippen molar-refractivity contribution in [1.82, 2.24) is 5.32 Å². The standard InChI is InChI=1S/C18H26ClNS/c1-2-4-20-17(18-15(19)3-5-21-18)16-13-7-11-6-12(9-13)10-14(16)8-11/h3,5,11-14,16-17,20H,2,4,6-10H2,1H3. The highest BCUT2D eigenvalue weighted by Gasteiger charge is 2.51. The van der Waals surface area contributed by atoms with Crippen LogP contribution in [0.4, 0.5) is 0 Å². The minimum Gasteiger partial charge on any atom is -0.309 e. The topological polar surface area (TPSA) is 12.0 Å². The minimum atomic E-state index is 0.507. The van der Waals surface area contributed by atoms with E-state index in [1.54, 1.807) is 0 Å². The van der Waals surface area contributed by atoms with Crippen LogP contribution >= 0.6 is 22.9 Å². The lowest BCUT2D eigenvalue weighted by Gasteiger charge is -2.56. The number of hydrogen-bond donors (Lipinski definition) is 1. The normalized spacial score (nSPS) is 38.9. The third kappa shape index (κ3) is 2.58. The van der Waals surface area contributed by atoms with Crippen molar-refractivity contribution in [1.29, 1.82) is 0 Å². The van der Waals surface area contributed by atoms with Crippen molar-refractivity contribution in [2.45, 2.75) is 51.5 Å². The predicted octanol–water partition coefficient (Wildman–Crippen LogP) is 5.51. The summed E-state index contributed by atoms with van der Waals surface area (Å²) < 4.78 is 0. The van der Waals surface area contributed by atoms with Crippen LogP contribution in [-0.4, -0.2) is 6.54 Å². The van der Waals surface area contributed by atoms with E-state index in [1.165, 1.54) is 43.4 Å². The van der Waals surface area contributed by atoms with Crippen LogP contribution in [0.15, 0.2) is 11.4 Å². The zero-order valence-corrected chi connectivity index (χ0v) is 14.4. The molecule has 21 heavy (non-hydrogen) atoms. The maximum absolute atomic E-state index is 6.50. The Morgan fingerprint density at radius 3 is 2.38 bits per heavy atom. The summed E-state index contributed by atoms with van der Waals surface area (Å²) in [6.07, 6.45) is 8.70. The second-order valence-electron chi connectivity index (χ2n) is 7.57. The summed E-state index contributed by atoms with van der Waals surface area (Å²) >= 11 is 8.36. The van der Waals surface area contributed by atoms with Crippen LogP contribution in [0.3, 0.4) is 0 Å². The molecule has 0 saturated heterocycles. The predicted molar refractivity (Wildman–Crippen MR) is 90.9 cm³/mol. The van der Waals surface area contributed by atoms with E-state index in [0.717, 1.165) is 41.2 Å². The molecule has 4 saturated carbocycles. The van der Waals surface area contributed by atoms with E-state index in [4.69, 9.17) is 11.6 Å². The van der Waals surface area contributed by atoms with E-state index in [1.807, 2.05) is 11.3 Å². The highest BCUT2D eigenvalue weighted by atomic mass is 35.5. The summed E-state index contributed by atoms with van der Waals surface area (Å²) in [5, 5.41) is 7.02. The van der Waals surface area contributed by atoms with Gasteiger partial charge in [-0.05, 0) is 86.1 Å². The molecule has 1 atom stereocenters. The maximum atomic E-state index is 6.50. The fourth-order valence-corrected chi connectivity index (χ4v) is 7.05. The summed E-state index contributed by atoms with van der Waals surface area (Å²) in [6, 6.07) is 2.59. The van der Waals surface area contributed by atoms with Gasteiger partial charge in [-0.1, -0.05) is 18.5 Å². The Kier molecular flexibility index (Phi) is 4.06. The van der Waals surface area contributed by atoms with Crippen molar-refractivity contribution in [3.63, 3.8) is 0 Å². The lowest BCUT2D eigenvalue weighted by Crippen LogP contribution is -2.49. The van der Waals surface area contributed by atoms with Crippen molar-refractivity contribution >= 4 is 22.9 Å². The largest absolute Gasteiger partial charge is 0.309 e. The Morgan fingerprint density at radius 2 is 1.86 bits per heavy atom. The van der Waals surface area contributed by atoms with E-state index in [-0.39, 0.29) is 0 Å². The fraction of sp³-hybridized carbons (Fsp3) is 0.778. The van der Waals surface area contributed by atoms with Gasteiger partial charge in [0.25, 0.3) is 0 Å². The third-order valence-corrected chi connectivity index (χ3v) is 7.67. The Bertz CT molecular complexity index is 469. The van der Waals surface area contributed by atoms with Gasteiger partial charge in [0.1, 0.15) is 0 Å². The Balaban J connectivity index is 1.62. The smallest absolute Gasteiger partial charge is 0.0561 e. The molecule has 4 aliphatic carbocycles. The molecule has 1 heterocycles. The lowest BCUT2D eigenvalue weighted by atomic mass is 9.50. The molecule has 0 aromatic carbocycles. The van der Waals surface area contributed by atoms with Crippen molar-refractivity contribution in [2.75, 3.05) is 6.54 Å². The quantitative estimate of drug-likeness (QED) is 0.752. The van der Waals surface area contributed by atoms with E-state index in [0.29, 0.717) is 6.04 Å². The average Bonchev–Trinajstić information content (AvgIpc) is 2.87.